The Labute approximate surface area is 102 Å². The third-order valence-electron chi connectivity index (χ3n) is 1.90. The molecular weight excluding hydrogens is 226 g/mol. The lowest BCUT2D eigenvalue weighted by atomic mass is 10.3. The summed E-state index contributed by atoms with van der Waals surface area (Å²) in [6.45, 7) is 4.45. The highest BCUT2D eigenvalue weighted by molar-refractivity contribution is 5.75. The van der Waals surface area contributed by atoms with Crippen LogP contribution in [0.25, 0.3) is 0 Å². The van der Waals surface area contributed by atoms with Gasteiger partial charge in [-0.25, -0.2) is 0 Å². The molecule has 0 saturated carbocycles. The van der Waals surface area contributed by atoms with Crippen LogP contribution in [0.15, 0.2) is 0 Å². The van der Waals surface area contributed by atoms with Crippen molar-refractivity contribution in [1.29, 1.82) is 0 Å². The minimum absolute atomic E-state index is 0.153. The van der Waals surface area contributed by atoms with Crippen LogP contribution in [0, 0.1) is 0 Å². The number of carbonyl (C=O) groups excluding carboxylic acids is 1. The van der Waals surface area contributed by atoms with Gasteiger partial charge in [0.05, 0.1) is 26.4 Å². The average Bonchev–Trinajstić information content (AvgIpc) is 2.32. The molecule has 17 heavy (non-hydrogen) atoms. The summed E-state index contributed by atoms with van der Waals surface area (Å²) in [6.07, 6.45) is 0.860. The van der Waals surface area contributed by atoms with Crippen molar-refractivity contribution in [2.45, 2.75) is 19.4 Å². The van der Waals surface area contributed by atoms with Crippen molar-refractivity contribution in [3.05, 3.63) is 0 Å². The number of hydrogen-bond acceptors (Lipinski definition) is 6. The maximum Gasteiger partial charge on any atom is 0.325 e. The van der Waals surface area contributed by atoms with Gasteiger partial charge in [0.25, 0.3) is 0 Å². The van der Waals surface area contributed by atoms with Crippen molar-refractivity contribution in [2.24, 2.45) is 5.73 Å². The molecular formula is C11H23NO5. The van der Waals surface area contributed by atoms with E-state index in [1.165, 1.54) is 0 Å². The van der Waals surface area contributed by atoms with Crippen molar-refractivity contribution in [3.63, 3.8) is 0 Å². The van der Waals surface area contributed by atoms with Gasteiger partial charge < -0.3 is 24.7 Å². The third-order valence-corrected chi connectivity index (χ3v) is 1.90. The fourth-order valence-electron chi connectivity index (χ4n) is 1.05. The fraction of sp³-hybridized carbons (Fsp3) is 0.909. The van der Waals surface area contributed by atoms with Crippen LogP contribution in [0.1, 0.15) is 13.3 Å². The number of esters is 1. The predicted molar refractivity (Wildman–Crippen MR) is 62.7 cm³/mol. The van der Waals surface area contributed by atoms with E-state index in [1.54, 1.807) is 14.0 Å². The Bertz CT molecular complexity index is 189. The van der Waals surface area contributed by atoms with Gasteiger partial charge >= 0.3 is 5.97 Å². The summed E-state index contributed by atoms with van der Waals surface area (Å²) >= 11 is 0. The molecule has 102 valence electrons. The number of carbonyl (C=O) groups is 1. The highest BCUT2D eigenvalue weighted by atomic mass is 16.5. The summed E-state index contributed by atoms with van der Waals surface area (Å²) in [5, 5.41) is 0. The predicted octanol–water partition coefficient (Wildman–Crippen LogP) is -0.0535. The SMILES string of the molecule is CCOC(=O)C(N)COCCOCCCOC. The highest BCUT2D eigenvalue weighted by Gasteiger charge is 2.13. The molecule has 1 atom stereocenters. The Morgan fingerprint density at radius 1 is 1.18 bits per heavy atom. The first kappa shape index (κ1) is 16.3. The lowest BCUT2D eigenvalue weighted by molar-refractivity contribution is -0.146. The first-order chi connectivity index (χ1) is 8.22. The third kappa shape index (κ3) is 10.2. The van der Waals surface area contributed by atoms with Gasteiger partial charge in [0.15, 0.2) is 0 Å². The molecule has 6 heteroatoms. The Morgan fingerprint density at radius 3 is 2.53 bits per heavy atom. The number of hydrogen-bond donors (Lipinski definition) is 1. The Balaban J connectivity index is 3.24. The van der Waals surface area contributed by atoms with Gasteiger partial charge in [0.1, 0.15) is 6.04 Å². The summed E-state index contributed by atoms with van der Waals surface area (Å²) in [6, 6.07) is -0.719. The second-order valence-electron chi connectivity index (χ2n) is 3.39. The summed E-state index contributed by atoms with van der Waals surface area (Å²) < 4.78 is 20.1. The van der Waals surface area contributed by atoms with Crippen LogP contribution in [0.4, 0.5) is 0 Å². The first-order valence-electron chi connectivity index (χ1n) is 5.79. The van der Waals surface area contributed by atoms with E-state index in [1.807, 2.05) is 0 Å². The molecule has 0 rings (SSSR count). The molecule has 0 bridgehead atoms. The Kier molecular flexibility index (Phi) is 11.3. The molecule has 0 aromatic heterocycles. The lowest BCUT2D eigenvalue weighted by Crippen LogP contribution is -2.37. The zero-order chi connectivity index (χ0) is 12.9. The van der Waals surface area contributed by atoms with Gasteiger partial charge in [-0.05, 0) is 13.3 Å². The van der Waals surface area contributed by atoms with Gasteiger partial charge in [0, 0.05) is 20.3 Å². The summed E-state index contributed by atoms with van der Waals surface area (Å²) in [7, 11) is 1.65. The quantitative estimate of drug-likeness (QED) is 0.408. The Morgan fingerprint density at radius 2 is 1.88 bits per heavy atom. The second kappa shape index (κ2) is 11.8. The van der Waals surface area contributed by atoms with Crippen molar-refractivity contribution >= 4 is 5.97 Å². The molecule has 1 unspecified atom stereocenters. The van der Waals surface area contributed by atoms with Crippen LogP contribution in [-0.2, 0) is 23.7 Å². The van der Waals surface area contributed by atoms with Crippen molar-refractivity contribution in [3.8, 4) is 0 Å². The lowest BCUT2D eigenvalue weighted by Gasteiger charge is -2.11. The van der Waals surface area contributed by atoms with Gasteiger partial charge in [0.2, 0.25) is 0 Å². The van der Waals surface area contributed by atoms with E-state index in [0.717, 1.165) is 6.42 Å². The molecule has 0 heterocycles. The molecule has 0 amide bonds. The molecule has 0 aromatic rings. The van der Waals surface area contributed by atoms with E-state index in [4.69, 9.17) is 24.7 Å². The molecule has 6 nitrogen and oxygen atoms in total. The largest absolute Gasteiger partial charge is 0.465 e. The topological polar surface area (TPSA) is 80.0 Å². The number of ether oxygens (including phenoxy) is 4. The molecule has 0 radical (unpaired) electrons. The van der Waals surface area contributed by atoms with Gasteiger partial charge in [-0.3, -0.25) is 4.79 Å². The maximum atomic E-state index is 11.1. The molecule has 0 aromatic carbocycles. The standard InChI is InChI=1S/C11H23NO5/c1-3-17-11(13)10(12)9-16-8-7-15-6-4-5-14-2/h10H,3-9,12H2,1-2H3. The van der Waals surface area contributed by atoms with Crippen LogP contribution in [-0.4, -0.2) is 58.8 Å². The molecule has 0 aliphatic rings. The van der Waals surface area contributed by atoms with Crippen molar-refractivity contribution in [2.75, 3.05) is 46.8 Å². The van der Waals surface area contributed by atoms with Gasteiger partial charge in [-0.15, -0.1) is 0 Å². The fourth-order valence-corrected chi connectivity index (χ4v) is 1.05. The summed E-state index contributed by atoms with van der Waals surface area (Å²) in [4.78, 5) is 11.1. The van der Waals surface area contributed by atoms with E-state index in [2.05, 4.69) is 0 Å². The molecule has 0 aliphatic heterocycles. The minimum atomic E-state index is -0.719. The second-order valence-corrected chi connectivity index (χ2v) is 3.39. The monoisotopic (exact) mass is 249 g/mol. The van der Waals surface area contributed by atoms with E-state index >= 15 is 0 Å². The highest BCUT2D eigenvalue weighted by Crippen LogP contribution is 1.89. The number of methoxy groups -OCH3 is 1. The minimum Gasteiger partial charge on any atom is -0.465 e. The molecule has 0 saturated heterocycles. The van der Waals surface area contributed by atoms with Crippen LogP contribution in [0.3, 0.4) is 0 Å². The van der Waals surface area contributed by atoms with Crippen LogP contribution in [0.5, 0.6) is 0 Å². The summed E-state index contributed by atoms with van der Waals surface area (Å²) in [5.74, 6) is -0.437. The van der Waals surface area contributed by atoms with Crippen molar-refractivity contribution in [1.82, 2.24) is 0 Å². The zero-order valence-electron chi connectivity index (χ0n) is 10.6. The molecule has 0 aliphatic carbocycles. The number of nitrogens with two attached hydrogens (primary N) is 1. The van der Waals surface area contributed by atoms with Gasteiger partial charge in [-0.1, -0.05) is 0 Å². The van der Waals surface area contributed by atoms with Crippen molar-refractivity contribution < 1.29 is 23.7 Å². The average molecular weight is 249 g/mol. The van der Waals surface area contributed by atoms with Crippen LogP contribution in [0.2, 0.25) is 0 Å². The maximum absolute atomic E-state index is 11.1. The number of rotatable bonds is 11. The normalized spacial score (nSPS) is 12.4. The smallest absolute Gasteiger partial charge is 0.325 e. The van der Waals surface area contributed by atoms with E-state index in [-0.39, 0.29) is 6.61 Å². The van der Waals surface area contributed by atoms with Crippen LogP contribution < -0.4 is 5.73 Å². The first-order valence-corrected chi connectivity index (χ1v) is 5.79. The van der Waals surface area contributed by atoms with E-state index < -0.39 is 12.0 Å². The zero-order valence-corrected chi connectivity index (χ0v) is 10.6. The molecule has 0 spiro atoms. The van der Waals surface area contributed by atoms with Gasteiger partial charge in [-0.2, -0.15) is 0 Å². The Hall–Kier alpha value is -0.690. The van der Waals surface area contributed by atoms with E-state index in [0.29, 0.717) is 33.0 Å². The summed E-state index contributed by atoms with van der Waals surface area (Å²) in [5.41, 5.74) is 5.53. The van der Waals surface area contributed by atoms with E-state index in [9.17, 15) is 4.79 Å². The van der Waals surface area contributed by atoms with Crippen LogP contribution >= 0.6 is 0 Å². The molecule has 2 N–H and O–H groups in total. The molecule has 0 fully saturated rings.